The fraction of sp³-hybridized carbons (Fsp3) is 0.643. The average Bonchev–Trinajstić information content (AvgIpc) is 2.70. The van der Waals surface area contributed by atoms with Crippen LogP contribution < -0.4 is 0 Å². The highest BCUT2D eigenvalue weighted by molar-refractivity contribution is 5.86. The zero-order chi connectivity index (χ0) is 13.7. The smallest absolute Gasteiger partial charge is 0.373 e. The van der Waals surface area contributed by atoms with E-state index < -0.39 is 12.1 Å². The number of ether oxygens (including phenoxy) is 1. The van der Waals surface area contributed by atoms with E-state index in [1.54, 1.807) is 6.07 Å². The highest BCUT2D eigenvalue weighted by Crippen LogP contribution is 2.72. The van der Waals surface area contributed by atoms with Gasteiger partial charge in [-0.2, -0.15) is 0 Å². The van der Waals surface area contributed by atoms with Crippen LogP contribution in [0.4, 0.5) is 0 Å². The molecule has 0 radical (unpaired) electrons. The number of aliphatic hydroxyl groups is 1. The zero-order valence-corrected chi connectivity index (χ0v) is 11.5. The van der Waals surface area contributed by atoms with Crippen LogP contribution in [0.15, 0.2) is 16.5 Å². The second-order valence-corrected chi connectivity index (χ2v) is 6.06. The number of rotatable bonds is 3. The maximum Gasteiger partial charge on any atom is 0.373 e. The number of aliphatic hydroxyl groups excluding tert-OH is 1. The third kappa shape index (κ3) is 1.67. The molecule has 1 aliphatic rings. The summed E-state index contributed by atoms with van der Waals surface area (Å²) in [4.78, 5) is 11.3. The third-order valence-electron chi connectivity index (χ3n) is 4.75. The Morgan fingerprint density at radius 1 is 1.33 bits per heavy atom. The van der Waals surface area contributed by atoms with E-state index in [-0.39, 0.29) is 22.5 Å². The minimum Gasteiger partial charge on any atom is -0.463 e. The van der Waals surface area contributed by atoms with Crippen molar-refractivity contribution >= 4 is 5.97 Å². The Labute approximate surface area is 107 Å². The van der Waals surface area contributed by atoms with Crippen LogP contribution in [-0.4, -0.2) is 18.2 Å². The Balaban J connectivity index is 2.19. The molecule has 1 unspecified atom stereocenters. The average molecular weight is 252 g/mol. The lowest BCUT2D eigenvalue weighted by Crippen LogP contribution is -2.04. The summed E-state index contributed by atoms with van der Waals surface area (Å²) in [5.74, 6) is 0.159. The summed E-state index contributed by atoms with van der Waals surface area (Å²) in [6, 6.07) is 3.17. The molecular formula is C14H20O4. The molecule has 1 N–H and O–H groups in total. The normalized spacial score (nSPS) is 22.6. The van der Waals surface area contributed by atoms with Gasteiger partial charge in [0.1, 0.15) is 11.9 Å². The highest BCUT2D eigenvalue weighted by atomic mass is 16.5. The van der Waals surface area contributed by atoms with Crippen molar-refractivity contribution in [1.29, 1.82) is 0 Å². The van der Waals surface area contributed by atoms with Gasteiger partial charge in [-0.3, -0.25) is 0 Å². The number of furan rings is 1. The first-order valence-corrected chi connectivity index (χ1v) is 6.09. The van der Waals surface area contributed by atoms with Crippen LogP contribution in [0.3, 0.4) is 0 Å². The molecule has 0 aliphatic heterocycles. The SMILES string of the molecule is COC(=O)c1ccc(C(O)C2C(C)(C)C2(C)C)o1. The first kappa shape index (κ1) is 13.1. The Morgan fingerprint density at radius 3 is 2.33 bits per heavy atom. The number of carbonyl (C=O) groups excluding carboxylic acids is 1. The lowest BCUT2D eigenvalue weighted by molar-refractivity contribution is 0.0547. The molecule has 18 heavy (non-hydrogen) atoms. The maximum absolute atomic E-state index is 11.3. The maximum atomic E-state index is 11.3. The molecule has 2 rings (SSSR count). The molecule has 0 saturated heterocycles. The molecule has 1 heterocycles. The summed E-state index contributed by atoms with van der Waals surface area (Å²) in [6.45, 7) is 8.52. The third-order valence-corrected chi connectivity index (χ3v) is 4.75. The predicted molar refractivity (Wildman–Crippen MR) is 66.1 cm³/mol. The molecule has 1 atom stereocenters. The van der Waals surface area contributed by atoms with Crippen LogP contribution >= 0.6 is 0 Å². The topological polar surface area (TPSA) is 59.7 Å². The van der Waals surface area contributed by atoms with Crippen molar-refractivity contribution < 1.29 is 19.1 Å². The van der Waals surface area contributed by atoms with E-state index in [2.05, 4.69) is 32.4 Å². The Morgan fingerprint density at radius 2 is 1.89 bits per heavy atom. The van der Waals surface area contributed by atoms with Gasteiger partial charge in [0.15, 0.2) is 0 Å². The molecule has 0 aromatic carbocycles. The van der Waals surface area contributed by atoms with Gasteiger partial charge >= 0.3 is 5.97 Å². The quantitative estimate of drug-likeness (QED) is 0.840. The van der Waals surface area contributed by atoms with Crippen LogP contribution in [-0.2, 0) is 4.74 Å². The lowest BCUT2D eigenvalue weighted by atomic mass is 10.0. The first-order valence-electron chi connectivity index (χ1n) is 6.09. The monoisotopic (exact) mass is 252 g/mol. The number of hydrogen-bond acceptors (Lipinski definition) is 4. The van der Waals surface area contributed by atoms with Crippen LogP contribution in [0.2, 0.25) is 0 Å². The molecule has 1 fully saturated rings. The molecule has 0 amide bonds. The van der Waals surface area contributed by atoms with E-state index in [9.17, 15) is 9.90 Å². The lowest BCUT2D eigenvalue weighted by Gasteiger charge is -2.09. The van der Waals surface area contributed by atoms with Gasteiger partial charge in [0.05, 0.1) is 7.11 Å². The summed E-state index contributed by atoms with van der Waals surface area (Å²) < 4.78 is 9.93. The van der Waals surface area contributed by atoms with E-state index >= 15 is 0 Å². The predicted octanol–water partition coefficient (Wildman–Crippen LogP) is 2.78. The zero-order valence-electron chi connectivity index (χ0n) is 11.5. The van der Waals surface area contributed by atoms with Gasteiger partial charge in [0, 0.05) is 5.92 Å². The van der Waals surface area contributed by atoms with Crippen molar-refractivity contribution in [2.75, 3.05) is 7.11 Å². The molecule has 4 nitrogen and oxygen atoms in total. The molecule has 1 aromatic rings. The minimum absolute atomic E-state index is 0.0602. The molecule has 0 bridgehead atoms. The Hall–Kier alpha value is -1.29. The fourth-order valence-electron chi connectivity index (χ4n) is 2.92. The molecule has 1 aromatic heterocycles. The van der Waals surface area contributed by atoms with Crippen molar-refractivity contribution in [1.82, 2.24) is 0 Å². The van der Waals surface area contributed by atoms with Crippen molar-refractivity contribution in [3.63, 3.8) is 0 Å². The molecule has 1 saturated carbocycles. The van der Waals surface area contributed by atoms with Crippen molar-refractivity contribution in [2.45, 2.75) is 33.8 Å². The van der Waals surface area contributed by atoms with Gasteiger partial charge in [-0.15, -0.1) is 0 Å². The summed E-state index contributed by atoms with van der Waals surface area (Å²) in [5, 5.41) is 10.4. The van der Waals surface area contributed by atoms with Crippen LogP contribution in [0.5, 0.6) is 0 Å². The Bertz CT molecular complexity index is 456. The van der Waals surface area contributed by atoms with Gasteiger partial charge < -0.3 is 14.3 Å². The van der Waals surface area contributed by atoms with Crippen LogP contribution in [0, 0.1) is 16.7 Å². The molecule has 100 valence electrons. The Kier molecular flexibility index (Phi) is 2.81. The van der Waals surface area contributed by atoms with Crippen LogP contribution in [0.25, 0.3) is 0 Å². The van der Waals surface area contributed by atoms with Gasteiger partial charge in [0.2, 0.25) is 5.76 Å². The molecule has 0 spiro atoms. The van der Waals surface area contributed by atoms with Crippen molar-refractivity contribution in [2.24, 2.45) is 16.7 Å². The van der Waals surface area contributed by atoms with Gasteiger partial charge in [0.25, 0.3) is 0 Å². The summed E-state index contributed by atoms with van der Waals surface area (Å²) in [7, 11) is 1.30. The number of carbonyl (C=O) groups is 1. The van der Waals surface area contributed by atoms with Gasteiger partial charge in [-0.1, -0.05) is 27.7 Å². The first-order chi connectivity index (χ1) is 8.23. The number of hydrogen-bond donors (Lipinski definition) is 1. The number of esters is 1. The van der Waals surface area contributed by atoms with E-state index in [1.165, 1.54) is 13.2 Å². The van der Waals surface area contributed by atoms with E-state index in [1.807, 2.05) is 0 Å². The number of methoxy groups -OCH3 is 1. The van der Waals surface area contributed by atoms with E-state index in [4.69, 9.17) is 4.42 Å². The second kappa shape index (κ2) is 3.85. The molecule has 4 heteroatoms. The summed E-state index contributed by atoms with van der Waals surface area (Å²) in [6.07, 6.45) is -0.687. The van der Waals surface area contributed by atoms with Crippen molar-refractivity contribution in [3.05, 3.63) is 23.7 Å². The van der Waals surface area contributed by atoms with E-state index in [0.717, 1.165) is 0 Å². The van der Waals surface area contributed by atoms with Crippen LogP contribution in [0.1, 0.15) is 50.1 Å². The largest absolute Gasteiger partial charge is 0.463 e. The fourth-order valence-corrected chi connectivity index (χ4v) is 2.92. The summed E-state index contributed by atoms with van der Waals surface area (Å²) >= 11 is 0. The van der Waals surface area contributed by atoms with Crippen molar-refractivity contribution in [3.8, 4) is 0 Å². The minimum atomic E-state index is -0.687. The standard InChI is InChI=1S/C14H20O4/c1-13(2)11(14(13,3)4)10(15)8-6-7-9(18-8)12(16)17-5/h6-7,10-11,15H,1-5H3. The highest BCUT2D eigenvalue weighted by Gasteiger charge is 2.67. The van der Waals surface area contributed by atoms with Gasteiger partial charge in [-0.05, 0) is 23.0 Å². The van der Waals surface area contributed by atoms with E-state index in [0.29, 0.717) is 5.76 Å². The molecule has 1 aliphatic carbocycles. The molecular weight excluding hydrogens is 232 g/mol. The summed E-state index contributed by atoms with van der Waals surface area (Å²) in [5.41, 5.74) is 0.120. The second-order valence-electron chi connectivity index (χ2n) is 6.06. The van der Waals surface area contributed by atoms with Gasteiger partial charge in [-0.25, -0.2) is 4.79 Å².